The molecule has 2 amide bonds. The van der Waals surface area contributed by atoms with Gasteiger partial charge in [0.05, 0.1) is 36.5 Å². The Bertz CT molecular complexity index is 1890. The van der Waals surface area contributed by atoms with Gasteiger partial charge in [0.2, 0.25) is 0 Å². The second-order valence-corrected chi connectivity index (χ2v) is 12.1. The summed E-state index contributed by atoms with van der Waals surface area (Å²) >= 11 is 6.53. The summed E-state index contributed by atoms with van der Waals surface area (Å²) in [7, 11) is 0. The molecule has 1 N–H and O–H groups in total. The number of urea groups is 1. The molecular formula is C34H35ClFN9O3. The topological polar surface area (TPSA) is 114 Å². The summed E-state index contributed by atoms with van der Waals surface area (Å²) in [5.74, 6) is 0.794. The summed E-state index contributed by atoms with van der Waals surface area (Å²) in [6.45, 7) is 7.34. The van der Waals surface area contributed by atoms with Gasteiger partial charge in [0.1, 0.15) is 36.0 Å². The summed E-state index contributed by atoms with van der Waals surface area (Å²) < 4.78 is 26.6. The highest BCUT2D eigenvalue weighted by atomic mass is 35.5. The van der Waals surface area contributed by atoms with Crippen LogP contribution in [-0.2, 0) is 17.9 Å². The first-order valence-corrected chi connectivity index (χ1v) is 16.3. The van der Waals surface area contributed by atoms with Gasteiger partial charge < -0.3 is 24.6 Å². The number of morpholine rings is 1. The quantitative estimate of drug-likeness (QED) is 0.229. The molecule has 3 aromatic carbocycles. The van der Waals surface area contributed by atoms with Gasteiger partial charge in [-0.2, -0.15) is 0 Å². The van der Waals surface area contributed by atoms with Gasteiger partial charge in [-0.05, 0) is 48.0 Å². The fourth-order valence-electron chi connectivity index (χ4n) is 5.84. The van der Waals surface area contributed by atoms with Crippen molar-refractivity contribution in [2.24, 2.45) is 0 Å². The summed E-state index contributed by atoms with van der Waals surface area (Å²) in [6, 6.07) is 17.6. The van der Waals surface area contributed by atoms with Crippen LogP contribution in [0.25, 0.3) is 22.2 Å². The molecule has 0 saturated carbocycles. The minimum absolute atomic E-state index is 0.114. The molecule has 2 saturated heterocycles. The zero-order valence-corrected chi connectivity index (χ0v) is 27.0. The van der Waals surface area contributed by atoms with Crippen molar-refractivity contribution in [1.82, 2.24) is 39.7 Å². The van der Waals surface area contributed by atoms with Crippen molar-refractivity contribution in [3.63, 3.8) is 0 Å². The Morgan fingerprint density at radius 1 is 0.938 bits per heavy atom. The van der Waals surface area contributed by atoms with Crippen LogP contribution in [-0.4, -0.2) is 105 Å². The lowest BCUT2D eigenvalue weighted by atomic mass is 10.1. The van der Waals surface area contributed by atoms with Crippen LogP contribution < -0.4 is 10.1 Å². The fourth-order valence-corrected chi connectivity index (χ4v) is 6.07. The Morgan fingerprint density at radius 2 is 1.77 bits per heavy atom. The number of hydrogen-bond donors (Lipinski definition) is 1. The van der Waals surface area contributed by atoms with Crippen LogP contribution in [0.2, 0.25) is 5.02 Å². The van der Waals surface area contributed by atoms with Gasteiger partial charge in [0.15, 0.2) is 0 Å². The number of anilines is 2. The summed E-state index contributed by atoms with van der Waals surface area (Å²) in [5, 5.41) is 13.4. The standard InChI is InChI=1S/C34H35ClFN9O3/c35-29-20-27(5-7-32(29)48-22-24-2-1-3-26(36)18-24)39-33-28-19-25(4-6-30(28)37-23-38-33)31-21-45(41-40-31)13-10-42-8-11-43(12-9-42)34(46)44-14-16-47-17-15-44/h1-7,18-21,23H,8-17,22H2,(H,37,38,39). The van der Waals surface area contributed by atoms with Gasteiger partial charge >= 0.3 is 6.03 Å². The van der Waals surface area contributed by atoms with E-state index < -0.39 is 0 Å². The van der Waals surface area contributed by atoms with Crippen molar-refractivity contribution in [2.45, 2.75) is 13.2 Å². The van der Waals surface area contributed by atoms with Crippen molar-refractivity contribution in [3.8, 4) is 17.0 Å². The van der Waals surface area contributed by atoms with Gasteiger partial charge in [-0.3, -0.25) is 9.58 Å². The molecule has 14 heteroatoms. The maximum Gasteiger partial charge on any atom is 0.320 e. The number of hydrogen-bond acceptors (Lipinski definition) is 9. The zero-order chi connectivity index (χ0) is 32.9. The van der Waals surface area contributed by atoms with Crippen molar-refractivity contribution < 1.29 is 18.7 Å². The van der Waals surface area contributed by atoms with E-state index in [1.54, 1.807) is 24.3 Å². The Morgan fingerprint density at radius 3 is 2.58 bits per heavy atom. The molecule has 2 aromatic heterocycles. The minimum Gasteiger partial charge on any atom is -0.487 e. The molecule has 248 valence electrons. The Hall–Kier alpha value is -4.85. The number of rotatable bonds is 9. The van der Waals surface area contributed by atoms with Crippen molar-refractivity contribution in [2.75, 3.05) is 64.3 Å². The number of nitrogens with one attached hydrogen (secondary N) is 1. The highest BCUT2D eigenvalue weighted by Crippen LogP contribution is 2.32. The monoisotopic (exact) mass is 671 g/mol. The SMILES string of the molecule is O=C(N1CCOCC1)N1CCN(CCn2cc(-c3ccc4ncnc(Nc5ccc(OCc6cccc(F)c6)c(Cl)c5)c4c3)nn2)CC1. The van der Waals surface area contributed by atoms with Crippen LogP contribution >= 0.6 is 11.6 Å². The van der Waals surface area contributed by atoms with Crippen LogP contribution in [0.4, 0.5) is 20.7 Å². The van der Waals surface area contributed by atoms with Gasteiger partial charge in [-0.25, -0.2) is 19.2 Å². The number of aromatic nitrogens is 5. The van der Waals surface area contributed by atoms with E-state index in [2.05, 4.69) is 30.5 Å². The second-order valence-electron chi connectivity index (χ2n) is 11.7. The summed E-state index contributed by atoms with van der Waals surface area (Å²) in [6.07, 6.45) is 3.45. The number of benzene rings is 3. The first-order chi connectivity index (χ1) is 23.5. The highest BCUT2D eigenvalue weighted by molar-refractivity contribution is 6.32. The average molecular weight is 672 g/mol. The molecule has 2 fully saturated rings. The van der Waals surface area contributed by atoms with E-state index in [0.717, 1.165) is 60.6 Å². The molecule has 2 aliphatic rings. The normalized spacial score (nSPS) is 15.5. The number of piperazine rings is 1. The average Bonchev–Trinajstić information content (AvgIpc) is 3.60. The molecular weight excluding hydrogens is 637 g/mol. The molecule has 0 bridgehead atoms. The number of halogens is 2. The number of ether oxygens (including phenoxy) is 2. The Labute approximate surface area is 282 Å². The van der Waals surface area contributed by atoms with Crippen LogP contribution in [0.1, 0.15) is 5.56 Å². The molecule has 12 nitrogen and oxygen atoms in total. The molecule has 0 atom stereocenters. The Balaban J connectivity index is 0.964. The molecule has 0 aliphatic carbocycles. The molecule has 0 unspecified atom stereocenters. The highest BCUT2D eigenvalue weighted by Gasteiger charge is 2.26. The number of carbonyl (C=O) groups excluding carboxylic acids is 1. The molecule has 0 spiro atoms. The lowest BCUT2D eigenvalue weighted by Gasteiger charge is -2.38. The van der Waals surface area contributed by atoms with Gasteiger partial charge in [0.25, 0.3) is 0 Å². The fraction of sp³-hybridized carbons (Fsp3) is 0.324. The van der Waals surface area contributed by atoms with E-state index in [1.807, 2.05) is 44.9 Å². The van der Waals surface area contributed by atoms with Gasteiger partial charge in [-0.15, -0.1) is 5.10 Å². The predicted molar refractivity (Wildman–Crippen MR) is 180 cm³/mol. The smallest absolute Gasteiger partial charge is 0.320 e. The number of fused-ring (bicyclic) bond motifs is 1. The van der Waals surface area contributed by atoms with Gasteiger partial charge in [0, 0.05) is 62.5 Å². The third kappa shape index (κ3) is 7.48. The first kappa shape index (κ1) is 31.7. The van der Waals surface area contributed by atoms with E-state index in [-0.39, 0.29) is 18.5 Å². The van der Waals surface area contributed by atoms with Crippen LogP contribution in [0.3, 0.4) is 0 Å². The van der Waals surface area contributed by atoms with E-state index in [4.69, 9.17) is 21.1 Å². The number of nitrogens with zero attached hydrogens (tertiary/aromatic N) is 8. The maximum absolute atomic E-state index is 13.5. The van der Waals surface area contributed by atoms with Gasteiger partial charge in [-0.1, -0.05) is 35.0 Å². The minimum atomic E-state index is -0.313. The molecule has 0 radical (unpaired) electrons. The Kier molecular flexibility index (Phi) is 9.59. The first-order valence-electron chi connectivity index (χ1n) is 15.9. The third-order valence-corrected chi connectivity index (χ3v) is 8.81. The number of carbonyl (C=O) groups is 1. The lowest BCUT2D eigenvalue weighted by Crippen LogP contribution is -2.55. The van der Waals surface area contributed by atoms with E-state index in [1.165, 1.54) is 18.5 Å². The molecule has 5 aromatic rings. The van der Waals surface area contributed by atoms with Crippen LogP contribution in [0, 0.1) is 5.82 Å². The molecule has 7 rings (SSSR count). The summed E-state index contributed by atoms with van der Waals surface area (Å²) in [5.41, 5.74) is 3.84. The maximum atomic E-state index is 13.5. The van der Waals surface area contributed by atoms with E-state index >= 15 is 0 Å². The second kappa shape index (κ2) is 14.5. The number of amides is 2. The third-order valence-electron chi connectivity index (χ3n) is 8.52. The van der Waals surface area contributed by atoms with E-state index in [0.29, 0.717) is 55.0 Å². The zero-order valence-electron chi connectivity index (χ0n) is 26.3. The molecule has 48 heavy (non-hydrogen) atoms. The predicted octanol–water partition coefficient (Wildman–Crippen LogP) is 5.07. The van der Waals surface area contributed by atoms with Crippen LogP contribution in [0.15, 0.2) is 73.2 Å². The van der Waals surface area contributed by atoms with Crippen LogP contribution in [0.5, 0.6) is 5.75 Å². The van der Waals surface area contributed by atoms with Crippen molar-refractivity contribution in [1.29, 1.82) is 0 Å². The van der Waals surface area contributed by atoms with Crippen molar-refractivity contribution >= 4 is 40.0 Å². The molecule has 2 aliphatic heterocycles. The summed E-state index contributed by atoms with van der Waals surface area (Å²) in [4.78, 5) is 27.9. The largest absolute Gasteiger partial charge is 0.487 e. The molecule has 4 heterocycles. The van der Waals surface area contributed by atoms with E-state index in [9.17, 15) is 9.18 Å². The lowest BCUT2D eigenvalue weighted by molar-refractivity contribution is 0.0375. The van der Waals surface area contributed by atoms with Crippen molar-refractivity contribution in [3.05, 3.63) is 89.6 Å².